The summed E-state index contributed by atoms with van der Waals surface area (Å²) in [5.41, 5.74) is 3.20. The topological polar surface area (TPSA) is 26.3 Å². The molecule has 110 valence electrons. The van der Waals surface area contributed by atoms with Gasteiger partial charge in [0.15, 0.2) is 0 Å². The van der Waals surface area contributed by atoms with Crippen molar-refractivity contribution in [3.05, 3.63) is 80.8 Å². The first-order valence-corrected chi connectivity index (χ1v) is 7.46. The molecule has 4 heteroatoms. The zero-order valence-corrected chi connectivity index (χ0v) is 13.3. The maximum absolute atomic E-state index is 12.0. The molecule has 0 saturated heterocycles. The second kappa shape index (κ2) is 5.99. The molecule has 0 N–H and O–H groups in total. The van der Waals surface area contributed by atoms with E-state index in [1.807, 2.05) is 31.2 Å². The molecule has 0 saturated carbocycles. The molecule has 0 atom stereocenters. The number of hydrogen-bond acceptors (Lipinski definition) is 2. The van der Waals surface area contributed by atoms with Crippen LogP contribution in [0.2, 0.25) is 10.0 Å². The minimum absolute atomic E-state index is 0.387. The Hall–Kier alpha value is -2.03. The Labute approximate surface area is 138 Å². The number of aryl methyl sites for hydroxylation is 1. The second-order valence-electron chi connectivity index (χ2n) is 5.03. The summed E-state index contributed by atoms with van der Waals surface area (Å²) in [6.07, 6.45) is 3.42. The predicted octanol–water partition coefficient (Wildman–Crippen LogP) is 5.28. The summed E-state index contributed by atoms with van der Waals surface area (Å²) < 4.78 is 5.32. The van der Waals surface area contributed by atoms with E-state index in [1.54, 1.807) is 30.4 Å². The highest BCUT2D eigenvalue weighted by Gasteiger charge is 2.22. The first kappa shape index (κ1) is 14.9. The lowest BCUT2D eigenvalue weighted by molar-refractivity contribution is -0.130. The van der Waals surface area contributed by atoms with Crippen LogP contribution in [0.25, 0.3) is 11.8 Å². The van der Waals surface area contributed by atoms with Crippen LogP contribution in [-0.4, -0.2) is 5.97 Å². The first-order chi connectivity index (χ1) is 10.5. The largest absolute Gasteiger partial charge is 0.422 e. The van der Waals surface area contributed by atoms with Crippen LogP contribution in [-0.2, 0) is 9.53 Å². The summed E-state index contributed by atoms with van der Waals surface area (Å²) in [4.78, 5) is 12.0. The third kappa shape index (κ3) is 3.08. The van der Waals surface area contributed by atoms with Crippen molar-refractivity contribution in [2.45, 2.75) is 6.92 Å². The van der Waals surface area contributed by atoms with Gasteiger partial charge in [0.25, 0.3) is 0 Å². The number of carbonyl (C=O) groups is 1. The Morgan fingerprint density at radius 2 is 1.77 bits per heavy atom. The van der Waals surface area contributed by atoms with E-state index < -0.39 is 0 Å². The molecule has 1 heterocycles. The van der Waals surface area contributed by atoms with Crippen LogP contribution in [0.4, 0.5) is 0 Å². The normalized spacial score (nSPS) is 15.9. The third-order valence-electron chi connectivity index (χ3n) is 3.33. The molecular weight excluding hydrogens is 319 g/mol. The van der Waals surface area contributed by atoms with Gasteiger partial charge in [-0.3, -0.25) is 0 Å². The number of carbonyl (C=O) groups excluding carboxylic acids is 1. The number of ether oxygens (including phenoxy) is 1. The lowest BCUT2D eigenvalue weighted by Gasteiger charge is -2.01. The summed E-state index contributed by atoms with van der Waals surface area (Å²) in [5.74, 6) is 0.155. The van der Waals surface area contributed by atoms with Crippen molar-refractivity contribution in [1.29, 1.82) is 0 Å². The maximum Gasteiger partial charge on any atom is 0.343 e. The molecule has 1 aliphatic heterocycles. The first-order valence-electron chi connectivity index (χ1n) is 6.70. The van der Waals surface area contributed by atoms with Gasteiger partial charge in [0.05, 0.1) is 5.57 Å². The molecular formula is C18H12Cl2O2. The zero-order chi connectivity index (χ0) is 15.7. The van der Waals surface area contributed by atoms with Gasteiger partial charge in [0, 0.05) is 15.6 Å². The van der Waals surface area contributed by atoms with Gasteiger partial charge in [-0.1, -0.05) is 59.1 Å². The molecule has 0 amide bonds. The summed E-state index contributed by atoms with van der Waals surface area (Å²) in [6.45, 7) is 2.01. The van der Waals surface area contributed by atoms with E-state index in [2.05, 4.69) is 0 Å². The predicted molar refractivity (Wildman–Crippen MR) is 89.7 cm³/mol. The van der Waals surface area contributed by atoms with Crippen LogP contribution >= 0.6 is 23.2 Å². The molecule has 0 aliphatic carbocycles. The SMILES string of the molecule is Cc1ccc(C2=C/C(=C\c3ccc(Cl)cc3Cl)C(=O)O2)cc1. The Bertz CT molecular complexity index is 802. The smallest absolute Gasteiger partial charge is 0.343 e. The van der Waals surface area contributed by atoms with Crippen molar-refractivity contribution >= 4 is 41.0 Å². The number of halogens is 2. The molecule has 2 aromatic carbocycles. The molecule has 22 heavy (non-hydrogen) atoms. The van der Waals surface area contributed by atoms with E-state index in [9.17, 15) is 4.79 Å². The minimum atomic E-state index is -0.387. The average molecular weight is 331 g/mol. The van der Waals surface area contributed by atoms with Crippen LogP contribution < -0.4 is 0 Å². The molecule has 0 unspecified atom stereocenters. The summed E-state index contributed by atoms with van der Waals surface area (Å²) in [5, 5.41) is 1.04. The molecule has 2 aromatic rings. The highest BCUT2D eigenvalue weighted by atomic mass is 35.5. The van der Waals surface area contributed by atoms with Crippen LogP contribution in [0.3, 0.4) is 0 Å². The van der Waals surface area contributed by atoms with E-state index in [1.165, 1.54) is 0 Å². The van der Waals surface area contributed by atoms with Gasteiger partial charge in [-0.05, 0) is 36.8 Å². The van der Waals surface area contributed by atoms with E-state index in [0.29, 0.717) is 21.4 Å². The molecule has 0 fully saturated rings. The van der Waals surface area contributed by atoms with E-state index in [-0.39, 0.29) is 5.97 Å². The van der Waals surface area contributed by atoms with Crippen LogP contribution in [0.1, 0.15) is 16.7 Å². The second-order valence-corrected chi connectivity index (χ2v) is 5.87. The van der Waals surface area contributed by atoms with Gasteiger partial charge in [0.1, 0.15) is 5.76 Å². The molecule has 0 radical (unpaired) electrons. The van der Waals surface area contributed by atoms with E-state index in [4.69, 9.17) is 27.9 Å². The maximum atomic E-state index is 12.0. The molecule has 0 spiro atoms. The van der Waals surface area contributed by atoms with Crippen molar-refractivity contribution in [3.8, 4) is 0 Å². The van der Waals surface area contributed by atoms with E-state index >= 15 is 0 Å². The van der Waals surface area contributed by atoms with Crippen LogP contribution in [0.15, 0.2) is 54.1 Å². The van der Waals surface area contributed by atoms with Crippen molar-refractivity contribution in [2.24, 2.45) is 0 Å². The fourth-order valence-corrected chi connectivity index (χ4v) is 2.60. The van der Waals surface area contributed by atoms with Crippen molar-refractivity contribution in [2.75, 3.05) is 0 Å². The minimum Gasteiger partial charge on any atom is -0.422 e. The Morgan fingerprint density at radius 1 is 1.05 bits per heavy atom. The highest BCUT2D eigenvalue weighted by Crippen LogP contribution is 2.29. The summed E-state index contributed by atoms with van der Waals surface area (Å²) in [6, 6.07) is 12.9. The standard InChI is InChI=1S/C18H12Cl2O2/c1-11-2-4-12(5-3-11)17-9-14(18(21)22-17)8-13-6-7-15(19)10-16(13)20/h2-10H,1H3/b14-8+. The van der Waals surface area contributed by atoms with Gasteiger partial charge in [-0.15, -0.1) is 0 Å². The summed E-state index contributed by atoms with van der Waals surface area (Å²) in [7, 11) is 0. The van der Waals surface area contributed by atoms with Gasteiger partial charge in [-0.25, -0.2) is 4.79 Å². The molecule has 1 aliphatic rings. The molecule has 0 bridgehead atoms. The number of cyclic esters (lactones) is 1. The number of hydrogen-bond donors (Lipinski definition) is 0. The fraction of sp³-hybridized carbons (Fsp3) is 0.0556. The molecule has 2 nitrogen and oxygen atoms in total. The highest BCUT2D eigenvalue weighted by molar-refractivity contribution is 6.35. The van der Waals surface area contributed by atoms with Gasteiger partial charge >= 0.3 is 5.97 Å². The number of esters is 1. The van der Waals surface area contributed by atoms with Crippen LogP contribution in [0, 0.1) is 6.92 Å². The van der Waals surface area contributed by atoms with Gasteiger partial charge in [0.2, 0.25) is 0 Å². The lowest BCUT2D eigenvalue weighted by Crippen LogP contribution is -1.97. The third-order valence-corrected chi connectivity index (χ3v) is 3.90. The quantitative estimate of drug-likeness (QED) is 0.552. The van der Waals surface area contributed by atoms with Gasteiger partial charge < -0.3 is 4.74 Å². The average Bonchev–Trinajstić information content (AvgIpc) is 2.84. The van der Waals surface area contributed by atoms with Gasteiger partial charge in [-0.2, -0.15) is 0 Å². The van der Waals surface area contributed by atoms with Crippen LogP contribution in [0.5, 0.6) is 0 Å². The lowest BCUT2D eigenvalue weighted by atomic mass is 10.1. The summed E-state index contributed by atoms with van der Waals surface area (Å²) >= 11 is 12.0. The number of rotatable bonds is 2. The zero-order valence-electron chi connectivity index (χ0n) is 11.8. The number of benzene rings is 2. The Morgan fingerprint density at radius 3 is 2.45 bits per heavy atom. The Balaban J connectivity index is 1.95. The fourth-order valence-electron chi connectivity index (χ4n) is 2.14. The molecule has 0 aromatic heterocycles. The monoisotopic (exact) mass is 330 g/mol. The Kier molecular flexibility index (Phi) is 4.06. The van der Waals surface area contributed by atoms with Crippen molar-refractivity contribution < 1.29 is 9.53 Å². The van der Waals surface area contributed by atoms with E-state index in [0.717, 1.165) is 16.7 Å². The van der Waals surface area contributed by atoms with Crippen molar-refractivity contribution in [3.63, 3.8) is 0 Å². The molecule has 3 rings (SSSR count). The van der Waals surface area contributed by atoms with Crippen molar-refractivity contribution in [1.82, 2.24) is 0 Å².